The fourth-order valence-corrected chi connectivity index (χ4v) is 1.88. The number of nitrogens with zero attached hydrogens (tertiary/aromatic N) is 2. The Hall–Kier alpha value is -0.390. The van der Waals surface area contributed by atoms with E-state index >= 15 is 0 Å². The minimum Gasteiger partial charge on any atom is -0.387 e. The van der Waals surface area contributed by atoms with Gasteiger partial charge in [-0.2, -0.15) is 5.10 Å². The molecule has 0 saturated carbocycles. The number of aliphatic hydroxyl groups excluding tert-OH is 1. The summed E-state index contributed by atoms with van der Waals surface area (Å²) in [5.41, 5.74) is 0.824. The number of aromatic nitrogens is 2. The van der Waals surface area contributed by atoms with E-state index in [1.807, 2.05) is 6.92 Å². The summed E-state index contributed by atoms with van der Waals surface area (Å²) in [6, 6.07) is 0. The summed E-state index contributed by atoms with van der Waals surface area (Å²) >= 11 is 3.37. The maximum absolute atomic E-state index is 9.86. The number of hydrogen-bond donors (Lipinski definition) is 1. The van der Waals surface area contributed by atoms with Crippen molar-refractivity contribution in [3.05, 3.63) is 16.4 Å². The van der Waals surface area contributed by atoms with Gasteiger partial charge in [0.1, 0.15) is 0 Å². The Morgan fingerprint density at radius 2 is 2.43 bits per heavy atom. The molecule has 1 aromatic rings. The number of aliphatic hydroxyl groups is 1. The van der Waals surface area contributed by atoms with Crippen LogP contribution in [0.2, 0.25) is 0 Å². The number of rotatable bonds is 5. The van der Waals surface area contributed by atoms with E-state index < -0.39 is 6.10 Å². The van der Waals surface area contributed by atoms with E-state index in [4.69, 9.17) is 4.74 Å². The second-order valence-corrected chi connectivity index (χ2v) is 3.85. The molecule has 5 heteroatoms. The molecule has 1 unspecified atom stereocenters. The van der Waals surface area contributed by atoms with E-state index in [9.17, 15) is 5.11 Å². The highest BCUT2D eigenvalue weighted by Gasteiger charge is 2.16. The van der Waals surface area contributed by atoms with Crippen LogP contribution in [0.3, 0.4) is 0 Å². The first-order valence-corrected chi connectivity index (χ1v) is 5.38. The van der Waals surface area contributed by atoms with Crippen molar-refractivity contribution in [2.24, 2.45) is 0 Å². The Labute approximate surface area is 92.0 Å². The first kappa shape index (κ1) is 11.7. The van der Waals surface area contributed by atoms with Gasteiger partial charge in [0.25, 0.3) is 0 Å². The van der Waals surface area contributed by atoms with Gasteiger partial charge in [0.2, 0.25) is 0 Å². The van der Waals surface area contributed by atoms with Gasteiger partial charge in [0, 0.05) is 26.7 Å². The zero-order valence-corrected chi connectivity index (χ0v) is 9.99. The van der Waals surface area contributed by atoms with Gasteiger partial charge in [-0.25, -0.2) is 0 Å². The number of hydrogen-bond acceptors (Lipinski definition) is 3. The predicted octanol–water partition coefficient (Wildman–Crippen LogP) is 1.74. The average Bonchev–Trinajstić information content (AvgIpc) is 2.56. The maximum atomic E-state index is 9.86. The molecule has 1 aromatic heterocycles. The van der Waals surface area contributed by atoms with Gasteiger partial charge in [-0.15, -0.1) is 0 Å². The molecule has 0 bridgehead atoms. The molecule has 1 N–H and O–H groups in total. The molecular weight excluding hydrogens is 248 g/mol. The minimum absolute atomic E-state index is 0.522. The third kappa shape index (κ3) is 2.56. The molecular formula is C9H15BrN2O2. The summed E-state index contributed by atoms with van der Waals surface area (Å²) in [4.78, 5) is 0. The molecule has 14 heavy (non-hydrogen) atoms. The molecule has 0 aliphatic rings. The molecule has 1 heterocycles. The Kier molecular flexibility index (Phi) is 4.57. The summed E-state index contributed by atoms with van der Waals surface area (Å²) in [5, 5.41) is 14.0. The van der Waals surface area contributed by atoms with E-state index in [0.717, 1.165) is 16.7 Å². The van der Waals surface area contributed by atoms with Crippen LogP contribution in [0.25, 0.3) is 0 Å². The van der Waals surface area contributed by atoms with Crippen LogP contribution in [-0.4, -0.2) is 28.6 Å². The first-order chi connectivity index (χ1) is 6.70. The van der Waals surface area contributed by atoms with Crippen LogP contribution in [0, 0.1) is 0 Å². The molecule has 0 radical (unpaired) electrons. The fourth-order valence-electron chi connectivity index (χ4n) is 1.32. The van der Waals surface area contributed by atoms with Crippen LogP contribution in [-0.2, 0) is 11.3 Å². The van der Waals surface area contributed by atoms with Crippen LogP contribution >= 0.6 is 15.9 Å². The topological polar surface area (TPSA) is 47.3 Å². The summed E-state index contributed by atoms with van der Waals surface area (Å²) in [6.07, 6.45) is 1.77. The summed E-state index contributed by atoms with van der Waals surface area (Å²) in [7, 11) is 1.62. The molecule has 80 valence electrons. The van der Waals surface area contributed by atoms with E-state index in [2.05, 4.69) is 21.0 Å². The lowest BCUT2D eigenvalue weighted by molar-refractivity contribution is 0.104. The smallest absolute Gasteiger partial charge is 0.0990 e. The van der Waals surface area contributed by atoms with E-state index in [0.29, 0.717) is 13.0 Å². The zero-order valence-electron chi connectivity index (χ0n) is 8.40. The standard InChI is InChI=1S/C9H15BrN2O2/c1-3-12-9(7(10)6-11-12)8(13)4-5-14-2/h6,8,13H,3-5H2,1-2H3. The van der Waals surface area contributed by atoms with Gasteiger partial charge in [0.05, 0.1) is 22.5 Å². The van der Waals surface area contributed by atoms with Crippen molar-refractivity contribution in [2.45, 2.75) is 26.0 Å². The second kappa shape index (κ2) is 5.48. The van der Waals surface area contributed by atoms with Crippen LogP contribution < -0.4 is 0 Å². The van der Waals surface area contributed by atoms with E-state index in [1.54, 1.807) is 18.0 Å². The maximum Gasteiger partial charge on any atom is 0.0990 e. The SMILES string of the molecule is CCn1ncc(Br)c1C(O)CCOC. The lowest BCUT2D eigenvalue weighted by atomic mass is 10.2. The molecule has 1 rings (SSSR count). The Morgan fingerprint density at radius 3 is 3.00 bits per heavy atom. The molecule has 1 atom stereocenters. The highest BCUT2D eigenvalue weighted by atomic mass is 79.9. The van der Waals surface area contributed by atoms with Gasteiger partial charge >= 0.3 is 0 Å². The average molecular weight is 263 g/mol. The normalized spacial score (nSPS) is 13.1. The summed E-state index contributed by atoms with van der Waals surface area (Å²) < 4.78 is 7.55. The van der Waals surface area contributed by atoms with Crippen molar-refractivity contribution in [1.29, 1.82) is 0 Å². The van der Waals surface area contributed by atoms with Crippen molar-refractivity contribution in [3.63, 3.8) is 0 Å². The highest BCUT2D eigenvalue weighted by Crippen LogP contribution is 2.25. The molecule has 0 aliphatic carbocycles. The third-order valence-corrected chi connectivity index (χ3v) is 2.65. The van der Waals surface area contributed by atoms with Crippen molar-refractivity contribution >= 4 is 15.9 Å². The third-order valence-electron chi connectivity index (χ3n) is 2.04. The van der Waals surface area contributed by atoms with Crippen LogP contribution in [0.15, 0.2) is 10.7 Å². The Bertz CT molecular complexity index is 288. The van der Waals surface area contributed by atoms with Crippen LogP contribution in [0.4, 0.5) is 0 Å². The molecule has 0 aliphatic heterocycles. The molecule has 0 aromatic carbocycles. The zero-order chi connectivity index (χ0) is 10.6. The molecule has 0 spiro atoms. The minimum atomic E-state index is -0.522. The number of aryl methyl sites for hydroxylation is 1. The van der Waals surface area contributed by atoms with Crippen molar-refractivity contribution in [1.82, 2.24) is 9.78 Å². The first-order valence-electron chi connectivity index (χ1n) is 4.58. The Balaban J connectivity index is 2.76. The van der Waals surface area contributed by atoms with Crippen LogP contribution in [0.1, 0.15) is 25.1 Å². The second-order valence-electron chi connectivity index (χ2n) is 2.99. The molecule has 0 saturated heterocycles. The number of ether oxygens (including phenoxy) is 1. The van der Waals surface area contributed by atoms with E-state index in [-0.39, 0.29) is 0 Å². The fraction of sp³-hybridized carbons (Fsp3) is 0.667. The van der Waals surface area contributed by atoms with Gasteiger partial charge in [-0.3, -0.25) is 4.68 Å². The Morgan fingerprint density at radius 1 is 1.71 bits per heavy atom. The highest BCUT2D eigenvalue weighted by molar-refractivity contribution is 9.10. The van der Waals surface area contributed by atoms with Gasteiger partial charge in [-0.1, -0.05) is 0 Å². The predicted molar refractivity (Wildman–Crippen MR) is 57.1 cm³/mol. The van der Waals surface area contributed by atoms with Gasteiger partial charge in [-0.05, 0) is 22.9 Å². The molecule has 0 fully saturated rings. The lowest BCUT2D eigenvalue weighted by Gasteiger charge is -2.12. The van der Waals surface area contributed by atoms with Gasteiger partial charge in [0.15, 0.2) is 0 Å². The largest absolute Gasteiger partial charge is 0.387 e. The molecule has 0 amide bonds. The van der Waals surface area contributed by atoms with Crippen molar-refractivity contribution in [3.8, 4) is 0 Å². The monoisotopic (exact) mass is 262 g/mol. The van der Waals surface area contributed by atoms with Gasteiger partial charge < -0.3 is 9.84 Å². The number of halogens is 1. The summed E-state index contributed by atoms with van der Waals surface area (Å²) in [6.45, 7) is 3.29. The molecule has 4 nitrogen and oxygen atoms in total. The van der Waals surface area contributed by atoms with Crippen LogP contribution in [0.5, 0.6) is 0 Å². The number of methoxy groups -OCH3 is 1. The summed E-state index contributed by atoms with van der Waals surface area (Å²) in [5.74, 6) is 0. The van der Waals surface area contributed by atoms with Crippen molar-refractivity contribution in [2.75, 3.05) is 13.7 Å². The quantitative estimate of drug-likeness (QED) is 0.880. The lowest BCUT2D eigenvalue weighted by Crippen LogP contribution is -2.10. The van der Waals surface area contributed by atoms with E-state index in [1.165, 1.54) is 0 Å². The van der Waals surface area contributed by atoms with Crippen molar-refractivity contribution < 1.29 is 9.84 Å².